The van der Waals surface area contributed by atoms with E-state index in [1.165, 1.54) is 0 Å². The van der Waals surface area contributed by atoms with Gasteiger partial charge in [0.25, 0.3) is 5.82 Å². The third-order valence-electron chi connectivity index (χ3n) is 2.29. The number of carbonyl (C=O) groups is 1. The topological polar surface area (TPSA) is 91.2 Å². The summed E-state index contributed by atoms with van der Waals surface area (Å²) in [6.45, 7) is 6.61. The maximum Gasteiger partial charge on any atom is 0.379 e. The van der Waals surface area contributed by atoms with Crippen molar-refractivity contribution in [3.63, 3.8) is 0 Å². The standard InChI is InChI=1S/C11H19N3O3/c1-4-16-11(15)9-13-10(17-14-9)8(6-12)5-7(2)3/h7-8H,4-6,12H2,1-3H3. The maximum atomic E-state index is 11.4. The molecule has 1 rings (SSSR count). The summed E-state index contributed by atoms with van der Waals surface area (Å²) in [7, 11) is 0. The maximum absolute atomic E-state index is 11.4. The van der Waals surface area contributed by atoms with Crippen molar-refractivity contribution in [1.82, 2.24) is 10.1 Å². The lowest BCUT2D eigenvalue weighted by molar-refractivity contribution is 0.0508. The molecule has 0 aliphatic heterocycles. The normalized spacial score (nSPS) is 12.8. The van der Waals surface area contributed by atoms with Gasteiger partial charge in [-0.25, -0.2) is 4.79 Å². The van der Waals surface area contributed by atoms with Crippen LogP contribution in [0, 0.1) is 5.92 Å². The fourth-order valence-corrected chi connectivity index (χ4v) is 1.55. The van der Waals surface area contributed by atoms with Crippen LogP contribution < -0.4 is 5.73 Å². The van der Waals surface area contributed by atoms with Crippen LogP contribution in [-0.2, 0) is 4.74 Å². The van der Waals surface area contributed by atoms with Gasteiger partial charge in [0.2, 0.25) is 5.89 Å². The average Bonchev–Trinajstić information content (AvgIpc) is 2.75. The van der Waals surface area contributed by atoms with E-state index in [-0.39, 0.29) is 18.3 Å². The Bertz CT molecular complexity index is 363. The Balaban J connectivity index is 2.74. The summed E-state index contributed by atoms with van der Waals surface area (Å²) in [5.74, 6) is 0.267. The van der Waals surface area contributed by atoms with E-state index >= 15 is 0 Å². The fourth-order valence-electron chi connectivity index (χ4n) is 1.55. The van der Waals surface area contributed by atoms with Gasteiger partial charge in [0.05, 0.1) is 12.5 Å². The quantitative estimate of drug-likeness (QED) is 0.755. The van der Waals surface area contributed by atoms with Crippen molar-refractivity contribution in [2.45, 2.75) is 33.1 Å². The van der Waals surface area contributed by atoms with Crippen LogP contribution in [0.5, 0.6) is 0 Å². The van der Waals surface area contributed by atoms with Gasteiger partial charge in [-0.05, 0) is 24.4 Å². The van der Waals surface area contributed by atoms with Crippen LogP contribution in [-0.4, -0.2) is 29.3 Å². The number of esters is 1. The zero-order valence-electron chi connectivity index (χ0n) is 10.5. The monoisotopic (exact) mass is 241 g/mol. The van der Waals surface area contributed by atoms with Crippen molar-refractivity contribution in [2.75, 3.05) is 13.2 Å². The second-order valence-corrected chi connectivity index (χ2v) is 4.24. The van der Waals surface area contributed by atoms with E-state index in [9.17, 15) is 4.79 Å². The average molecular weight is 241 g/mol. The van der Waals surface area contributed by atoms with E-state index in [1.54, 1.807) is 6.92 Å². The van der Waals surface area contributed by atoms with Gasteiger partial charge in [0, 0.05) is 6.54 Å². The molecule has 0 aromatic carbocycles. The highest BCUT2D eigenvalue weighted by molar-refractivity contribution is 5.84. The van der Waals surface area contributed by atoms with E-state index in [4.69, 9.17) is 15.0 Å². The van der Waals surface area contributed by atoms with Gasteiger partial charge in [-0.3, -0.25) is 0 Å². The molecule has 1 unspecified atom stereocenters. The molecule has 6 heteroatoms. The van der Waals surface area contributed by atoms with Gasteiger partial charge in [-0.2, -0.15) is 4.98 Å². The third kappa shape index (κ3) is 3.81. The molecule has 6 nitrogen and oxygen atoms in total. The summed E-state index contributed by atoms with van der Waals surface area (Å²) in [4.78, 5) is 15.4. The number of nitrogens with two attached hydrogens (primary N) is 1. The molecule has 0 saturated carbocycles. The Kier molecular flexibility index (Phi) is 5.09. The van der Waals surface area contributed by atoms with Crippen molar-refractivity contribution in [3.05, 3.63) is 11.7 Å². The van der Waals surface area contributed by atoms with Crippen molar-refractivity contribution < 1.29 is 14.1 Å². The van der Waals surface area contributed by atoms with Gasteiger partial charge < -0.3 is 15.0 Å². The second kappa shape index (κ2) is 6.34. The molecule has 0 radical (unpaired) electrons. The Labute approximate surface area is 101 Å². The SMILES string of the molecule is CCOC(=O)c1noc(C(CN)CC(C)C)n1. The van der Waals surface area contributed by atoms with E-state index in [0.717, 1.165) is 6.42 Å². The zero-order chi connectivity index (χ0) is 12.8. The Morgan fingerprint density at radius 3 is 2.76 bits per heavy atom. The smallest absolute Gasteiger partial charge is 0.379 e. The van der Waals surface area contributed by atoms with Crippen LogP contribution in [0.1, 0.15) is 49.6 Å². The lowest BCUT2D eigenvalue weighted by Gasteiger charge is -2.11. The lowest BCUT2D eigenvalue weighted by Crippen LogP contribution is -2.15. The van der Waals surface area contributed by atoms with Crippen molar-refractivity contribution in [3.8, 4) is 0 Å². The number of rotatable bonds is 6. The van der Waals surface area contributed by atoms with Gasteiger partial charge in [-0.1, -0.05) is 13.8 Å². The highest BCUT2D eigenvalue weighted by Crippen LogP contribution is 2.21. The molecule has 0 spiro atoms. The van der Waals surface area contributed by atoms with E-state index in [1.807, 2.05) is 0 Å². The van der Waals surface area contributed by atoms with Crippen molar-refractivity contribution in [2.24, 2.45) is 11.7 Å². The molecule has 0 saturated heterocycles. The number of nitrogens with zero attached hydrogens (tertiary/aromatic N) is 2. The molecular formula is C11H19N3O3. The summed E-state index contributed by atoms with van der Waals surface area (Å²) in [5.41, 5.74) is 5.65. The van der Waals surface area contributed by atoms with Gasteiger partial charge in [-0.15, -0.1) is 0 Å². The van der Waals surface area contributed by atoms with Crippen LogP contribution in [0.2, 0.25) is 0 Å². The van der Waals surface area contributed by atoms with E-state index in [2.05, 4.69) is 24.0 Å². The highest BCUT2D eigenvalue weighted by Gasteiger charge is 2.22. The number of carbonyl (C=O) groups excluding carboxylic acids is 1. The van der Waals surface area contributed by atoms with E-state index < -0.39 is 5.97 Å². The summed E-state index contributed by atoms with van der Waals surface area (Å²) >= 11 is 0. The predicted octanol–water partition coefficient (Wildman–Crippen LogP) is 1.33. The Morgan fingerprint density at radius 1 is 1.53 bits per heavy atom. The summed E-state index contributed by atoms with van der Waals surface area (Å²) < 4.78 is 9.82. The molecule has 96 valence electrons. The summed E-state index contributed by atoms with van der Waals surface area (Å²) in [6.07, 6.45) is 0.848. The minimum Gasteiger partial charge on any atom is -0.460 e. The van der Waals surface area contributed by atoms with Crippen LogP contribution in [0.25, 0.3) is 0 Å². The first-order chi connectivity index (χ1) is 8.08. The summed E-state index contributed by atoms with van der Waals surface area (Å²) in [6, 6.07) is 0. The van der Waals surface area contributed by atoms with Gasteiger partial charge in [0.1, 0.15) is 0 Å². The minimum absolute atomic E-state index is 0.00863. The first kappa shape index (κ1) is 13.6. The molecule has 0 aliphatic rings. The predicted molar refractivity (Wildman–Crippen MR) is 61.5 cm³/mol. The minimum atomic E-state index is -0.567. The molecule has 1 aromatic rings. The third-order valence-corrected chi connectivity index (χ3v) is 2.29. The van der Waals surface area contributed by atoms with Gasteiger partial charge >= 0.3 is 5.97 Å². The first-order valence-electron chi connectivity index (χ1n) is 5.79. The van der Waals surface area contributed by atoms with Crippen molar-refractivity contribution in [1.29, 1.82) is 0 Å². The molecule has 1 atom stereocenters. The molecule has 1 aromatic heterocycles. The number of ether oxygens (including phenoxy) is 1. The molecule has 17 heavy (non-hydrogen) atoms. The van der Waals surface area contributed by atoms with Crippen LogP contribution in [0.15, 0.2) is 4.52 Å². The number of hydrogen-bond donors (Lipinski definition) is 1. The first-order valence-corrected chi connectivity index (χ1v) is 5.79. The molecule has 2 N–H and O–H groups in total. The van der Waals surface area contributed by atoms with Crippen LogP contribution in [0.4, 0.5) is 0 Å². The van der Waals surface area contributed by atoms with Crippen LogP contribution >= 0.6 is 0 Å². The largest absolute Gasteiger partial charge is 0.460 e. The number of hydrogen-bond acceptors (Lipinski definition) is 6. The Hall–Kier alpha value is -1.43. The molecule has 1 heterocycles. The highest BCUT2D eigenvalue weighted by atomic mass is 16.5. The molecule has 0 bridgehead atoms. The molecule has 0 amide bonds. The zero-order valence-corrected chi connectivity index (χ0v) is 10.5. The molecule has 0 aliphatic carbocycles. The fraction of sp³-hybridized carbons (Fsp3) is 0.727. The summed E-state index contributed by atoms with van der Waals surface area (Å²) in [5, 5.41) is 3.59. The number of aromatic nitrogens is 2. The molecular weight excluding hydrogens is 222 g/mol. The van der Waals surface area contributed by atoms with Crippen molar-refractivity contribution >= 4 is 5.97 Å². The van der Waals surface area contributed by atoms with Crippen LogP contribution in [0.3, 0.4) is 0 Å². The lowest BCUT2D eigenvalue weighted by atomic mass is 9.97. The van der Waals surface area contributed by atoms with Gasteiger partial charge in [0.15, 0.2) is 0 Å². The molecule has 0 fully saturated rings. The Morgan fingerprint density at radius 2 is 2.24 bits per heavy atom. The second-order valence-electron chi connectivity index (χ2n) is 4.24. The van der Waals surface area contributed by atoms with E-state index in [0.29, 0.717) is 18.4 Å².